The van der Waals surface area contributed by atoms with E-state index in [0.29, 0.717) is 32.7 Å². The van der Waals surface area contributed by atoms with Crippen LogP contribution in [0.4, 0.5) is 0 Å². The van der Waals surface area contributed by atoms with E-state index in [1.54, 1.807) is 23.3 Å². The molecule has 174 valence electrons. The van der Waals surface area contributed by atoms with Crippen LogP contribution in [0, 0.1) is 12.8 Å². The lowest BCUT2D eigenvalue weighted by atomic mass is 10.00. The number of benzene rings is 1. The zero-order chi connectivity index (χ0) is 23.1. The number of carbonyl (C=O) groups excluding carboxylic acids is 2. The van der Waals surface area contributed by atoms with Gasteiger partial charge in [-0.2, -0.15) is 0 Å². The second-order valence-corrected chi connectivity index (χ2v) is 9.68. The Balaban J connectivity index is 1.74. The minimum Gasteiger partial charge on any atom is -0.491 e. The molecule has 2 aromatic rings. The summed E-state index contributed by atoms with van der Waals surface area (Å²) in [5.41, 5.74) is 2.33. The second-order valence-electron chi connectivity index (χ2n) is 8.68. The van der Waals surface area contributed by atoms with E-state index in [1.165, 1.54) is 10.4 Å². The number of methoxy groups -OCH3 is 1. The third-order valence-corrected chi connectivity index (χ3v) is 6.67. The Labute approximate surface area is 195 Å². The summed E-state index contributed by atoms with van der Waals surface area (Å²) in [7, 11) is 1.61. The second kappa shape index (κ2) is 11.5. The number of rotatable bonds is 10. The highest BCUT2D eigenvalue weighted by molar-refractivity contribution is 7.10. The van der Waals surface area contributed by atoms with E-state index in [4.69, 9.17) is 9.47 Å². The average molecular weight is 459 g/mol. The number of carbonyl (C=O) groups is 2. The molecule has 0 spiro atoms. The van der Waals surface area contributed by atoms with Crippen LogP contribution >= 0.6 is 11.3 Å². The van der Waals surface area contributed by atoms with E-state index in [-0.39, 0.29) is 30.3 Å². The Kier molecular flexibility index (Phi) is 8.70. The molecule has 1 aliphatic heterocycles. The first-order valence-electron chi connectivity index (χ1n) is 11.2. The highest BCUT2D eigenvalue weighted by Crippen LogP contribution is 2.34. The number of hydrogen-bond donors (Lipinski definition) is 0. The summed E-state index contributed by atoms with van der Waals surface area (Å²) >= 11 is 1.73. The van der Waals surface area contributed by atoms with Crippen molar-refractivity contribution >= 4 is 23.2 Å². The van der Waals surface area contributed by atoms with Gasteiger partial charge in [-0.05, 0) is 48.4 Å². The fourth-order valence-corrected chi connectivity index (χ4v) is 4.84. The Morgan fingerprint density at radius 3 is 2.66 bits per heavy atom. The molecule has 1 atom stereocenters. The summed E-state index contributed by atoms with van der Waals surface area (Å²) in [4.78, 5) is 30.9. The topological polar surface area (TPSA) is 59.1 Å². The van der Waals surface area contributed by atoms with Gasteiger partial charge in [0.1, 0.15) is 12.4 Å². The van der Waals surface area contributed by atoms with E-state index in [9.17, 15) is 9.59 Å². The molecule has 0 fully saturated rings. The van der Waals surface area contributed by atoms with Crippen LogP contribution in [0.25, 0.3) is 0 Å². The molecule has 3 rings (SSSR count). The van der Waals surface area contributed by atoms with E-state index >= 15 is 0 Å². The van der Waals surface area contributed by atoms with Gasteiger partial charge in [0.05, 0.1) is 19.2 Å². The molecule has 0 bridgehead atoms. The summed E-state index contributed by atoms with van der Waals surface area (Å²) in [5, 5.41) is 2.08. The lowest BCUT2D eigenvalue weighted by Crippen LogP contribution is -2.48. The summed E-state index contributed by atoms with van der Waals surface area (Å²) < 4.78 is 11.3. The van der Waals surface area contributed by atoms with Gasteiger partial charge in [-0.3, -0.25) is 9.59 Å². The van der Waals surface area contributed by atoms with Crippen molar-refractivity contribution in [2.75, 3.05) is 40.0 Å². The van der Waals surface area contributed by atoms with Crippen molar-refractivity contribution in [3.05, 3.63) is 51.7 Å². The van der Waals surface area contributed by atoms with Crippen molar-refractivity contribution < 1.29 is 19.1 Å². The summed E-state index contributed by atoms with van der Waals surface area (Å²) in [5.74, 6) is 0.972. The summed E-state index contributed by atoms with van der Waals surface area (Å²) in [6.45, 7) is 7.96. The number of ether oxygens (including phenoxy) is 2. The number of hydrogen-bond acceptors (Lipinski definition) is 5. The van der Waals surface area contributed by atoms with Gasteiger partial charge in [0.2, 0.25) is 11.8 Å². The number of amides is 2. The average Bonchev–Trinajstić information content (AvgIpc) is 3.24. The zero-order valence-corrected chi connectivity index (χ0v) is 20.3. The molecule has 0 aliphatic carbocycles. The van der Waals surface area contributed by atoms with Crippen LogP contribution in [0.1, 0.15) is 42.3 Å². The van der Waals surface area contributed by atoms with Gasteiger partial charge < -0.3 is 19.3 Å². The van der Waals surface area contributed by atoms with Gasteiger partial charge in [0.25, 0.3) is 0 Å². The molecule has 2 heterocycles. The molecule has 0 N–H and O–H groups in total. The first-order valence-corrected chi connectivity index (χ1v) is 12.1. The SMILES string of the molecule is COCCN(CC(=O)N1CCc2sccc2C1COc1ccc(C)cc1)C(=O)CC(C)C. The highest BCUT2D eigenvalue weighted by Gasteiger charge is 2.33. The molecule has 0 radical (unpaired) electrons. The van der Waals surface area contributed by atoms with E-state index < -0.39 is 0 Å². The molecular weight excluding hydrogens is 424 g/mol. The summed E-state index contributed by atoms with van der Waals surface area (Å²) in [6, 6.07) is 9.87. The lowest BCUT2D eigenvalue weighted by Gasteiger charge is -2.37. The predicted molar refractivity (Wildman–Crippen MR) is 127 cm³/mol. The maximum atomic E-state index is 13.4. The molecule has 1 aliphatic rings. The van der Waals surface area contributed by atoms with Crippen molar-refractivity contribution in [1.82, 2.24) is 9.80 Å². The maximum Gasteiger partial charge on any atom is 0.242 e. The first kappa shape index (κ1) is 24.3. The van der Waals surface area contributed by atoms with Gasteiger partial charge in [-0.1, -0.05) is 31.5 Å². The number of aryl methyl sites for hydroxylation is 1. The minimum atomic E-state index is -0.164. The van der Waals surface area contributed by atoms with Crippen molar-refractivity contribution in [2.24, 2.45) is 5.92 Å². The number of thiophene rings is 1. The first-order chi connectivity index (χ1) is 15.4. The van der Waals surface area contributed by atoms with Crippen LogP contribution in [0.3, 0.4) is 0 Å². The number of nitrogens with zero attached hydrogens (tertiary/aromatic N) is 2. The predicted octanol–water partition coefficient (Wildman–Crippen LogP) is 4.08. The third-order valence-electron chi connectivity index (χ3n) is 5.67. The van der Waals surface area contributed by atoms with Crippen molar-refractivity contribution in [3.8, 4) is 5.75 Å². The minimum absolute atomic E-state index is 0.00825. The Hall–Kier alpha value is -2.38. The van der Waals surface area contributed by atoms with Gasteiger partial charge in [-0.25, -0.2) is 0 Å². The van der Waals surface area contributed by atoms with Crippen LogP contribution in [0.2, 0.25) is 0 Å². The van der Waals surface area contributed by atoms with Crippen LogP contribution in [-0.2, 0) is 20.7 Å². The molecule has 7 heteroatoms. The van der Waals surface area contributed by atoms with E-state index in [2.05, 4.69) is 11.4 Å². The molecule has 32 heavy (non-hydrogen) atoms. The molecular formula is C25H34N2O4S. The van der Waals surface area contributed by atoms with Crippen molar-refractivity contribution in [3.63, 3.8) is 0 Å². The fourth-order valence-electron chi connectivity index (χ4n) is 3.91. The Bertz CT molecular complexity index is 894. The molecule has 1 unspecified atom stereocenters. The quantitative estimate of drug-likeness (QED) is 0.538. The van der Waals surface area contributed by atoms with Crippen LogP contribution in [0.5, 0.6) is 5.75 Å². The smallest absolute Gasteiger partial charge is 0.242 e. The van der Waals surface area contributed by atoms with Gasteiger partial charge in [-0.15, -0.1) is 11.3 Å². The van der Waals surface area contributed by atoms with Gasteiger partial charge in [0.15, 0.2) is 0 Å². The van der Waals surface area contributed by atoms with E-state index in [1.807, 2.05) is 49.9 Å². The maximum absolute atomic E-state index is 13.4. The fraction of sp³-hybridized carbons (Fsp3) is 0.520. The molecule has 2 amide bonds. The van der Waals surface area contributed by atoms with Gasteiger partial charge in [0, 0.05) is 31.5 Å². The molecule has 0 saturated heterocycles. The van der Waals surface area contributed by atoms with Crippen LogP contribution in [-0.4, -0.2) is 61.6 Å². The van der Waals surface area contributed by atoms with E-state index in [0.717, 1.165) is 17.7 Å². The lowest BCUT2D eigenvalue weighted by molar-refractivity contribution is -0.143. The van der Waals surface area contributed by atoms with Crippen LogP contribution < -0.4 is 4.74 Å². The monoisotopic (exact) mass is 458 g/mol. The van der Waals surface area contributed by atoms with Crippen LogP contribution in [0.15, 0.2) is 35.7 Å². The Morgan fingerprint density at radius 1 is 1.22 bits per heavy atom. The molecule has 1 aromatic heterocycles. The van der Waals surface area contributed by atoms with Gasteiger partial charge >= 0.3 is 0 Å². The number of fused-ring (bicyclic) bond motifs is 1. The van der Waals surface area contributed by atoms with Crippen molar-refractivity contribution in [2.45, 2.75) is 39.7 Å². The zero-order valence-electron chi connectivity index (χ0n) is 19.5. The largest absolute Gasteiger partial charge is 0.491 e. The third kappa shape index (κ3) is 6.33. The summed E-state index contributed by atoms with van der Waals surface area (Å²) in [6.07, 6.45) is 1.25. The molecule has 0 saturated carbocycles. The highest BCUT2D eigenvalue weighted by atomic mass is 32.1. The molecule has 1 aromatic carbocycles. The normalized spacial score (nSPS) is 15.5. The standard InChI is InChI=1S/C25H34N2O4S/c1-18(2)15-24(28)26(12-13-30-4)16-25(29)27-11-9-23-21(10-14-32-23)22(27)17-31-20-7-5-19(3)6-8-20/h5-8,10,14,18,22H,9,11-13,15-17H2,1-4H3. The molecule has 6 nitrogen and oxygen atoms in total. The van der Waals surface area contributed by atoms with Crippen molar-refractivity contribution in [1.29, 1.82) is 0 Å². The Morgan fingerprint density at radius 2 is 1.97 bits per heavy atom.